The molecular formula is C23H24N6. The maximum atomic E-state index is 4.47. The zero-order valence-electron chi connectivity index (χ0n) is 16.8. The summed E-state index contributed by atoms with van der Waals surface area (Å²) in [6.45, 7) is 2.13. The van der Waals surface area contributed by atoms with E-state index in [4.69, 9.17) is 0 Å². The molecule has 0 radical (unpaired) electrons. The van der Waals surface area contributed by atoms with Crippen LogP contribution in [0.15, 0.2) is 72.0 Å². The van der Waals surface area contributed by atoms with E-state index in [1.807, 2.05) is 49.3 Å². The maximum Gasteiger partial charge on any atom is 0.143 e. The summed E-state index contributed by atoms with van der Waals surface area (Å²) in [4.78, 5) is 18.6. The molecule has 0 fully saturated rings. The predicted molar refractivity (Wildman–Crippen MR) is 120 cm³/mol. The highest BCUT2D eigenvalue weighted by molar-refractivity contribution is 5.91. The summed E-state index contributed by atoms with van der Waals surface area (Å²) in [5.41, 5.74) is 5.02. The highest BCUT2D eigenvalue weighted by Gasteiger charge is 2.12. The number of nitrogens with one attached hydrogen (secondary N) is 2. The number of benzene rings is 2. The zero-order valence-corrected chi connectivity index (χ0v) is 16.8. The summed E-state index contributed by atoms with van der Waals surface area (Å²) in [5, 5.41) is 4.48. The van der Waals surface area contributed by atoms with Gasteiger partial charge in [0.25, 0.3) is 0 Å². The Morgan fingerprint density at radius 3 is 2.52 bits per heavy atom. The molecule has 2 N–H and O–H groups in total. The number of nitrogens with zero attached hydrogens (tertiary/aromatic N) is 4. The molecule has 6 nitrogen and oxygen atoms in total. The summed E-state index contributed by atoms with van der Waals surface area (Å²) in [5.74, 6) is 0.820. The zero-order chi connectivity index (χ0) is 20.2. The van der Waals surface area contributed by atoms with E-state index in [0.717, 1.165) is 33.8 Å². The smallest absolute Gasteiger partial charge is 0.143 e. The van der Waals surface area contributed by atoms with E-state index in [2.05, 4.69) is 62.5 Å². The average Bonchev–Trinajstić information content (AvgIpc) is 3.18. The van der Waals surface area contributed by atoms with Crippen LogP contribution < -0.4 is 5.32 Å². The molecule has 0 amide bonds. The van der Waals surface area contributed by atoms with Gasteiger partial charge >= 0.3 is 0 Å². The Hall–Kier alpha value is -3.67. The summed E-state index contributed by atoms with van der Waals surface area (Å²) < 4.78 is 0. The number of aromatic amines is 1. The van der Waals surface area contributed by atoms with Gasteiger partial charge < -0.3 is 15.2 Å². The molecule has 0 aliphatic heterocycles. The molecule has 4 aromatic rings. The summed E-state index contributed by atoms with van der Waals surface area (Å²) in [7, 11) is 3.90. The molecule has 2 aromatic heterocycles. The highest BCUT2D eigenvalue weighted by atomic mass is 15.1. The third-order valence-electron chi connectivity index (χ3n) is 4.69. The number of hydrogen-bond donors (Lipinski definition) is 2. The summed E-state index contributed by atoms with van der Waals surface area (Å²) in [6.07, 6.45) is 3.38. The van der Waals surface area contributed by atoms with Gasteiger partial charge in [0.2, 0.25) is 0 Å². The van der Waals surface area contributed by atoms with Crippen molar-refractivity contribution in [2.24, 2.45) is 4.99 Å². The van der Waals surface area contributed by atoms with Gasteiger partial charge in [-0.3, -0.25) is 0 Å². The van der Waals surface area contributed by atoms with Gasteiger partial charge in [-0.15, -0.1) is 0 Å². The molecule has 0 aliphatic rings. The normalized spacial score (nSPS) is 12.4. The number of aromatic nitrogens is 3. The fourth-order valence-electron chi connectivity index (χ4n) is 3.15. The van der Waals surface area contributed by atoms with Crippen LogP contribution in [-0.4, -0.2) is 40.3 Å². The minimum Gasteiger partial charge on any atom is -0.369 e. The second-order valence-corrected chi connectivity index (χ2v) is 7.20. The minimum atomic E-state index is 0.140. The van der Waals surface area contributed by atoms with Crippen LogP contribution in [0.2, 0.25) is 0 Å². The van der Waals surface area contributed by atoms with E-state index in [1.165, 1.54) is 5.56 Å². The monoisotopic (exact) mass is 384 g/mol. The number of fused-ring (bicyclic) bond motifs is 1. The second-order valence-electron chi connectivity index (χ2n) is 7.20. The molecule has 0 saturated carbocycles. The van der Waals surface area contributed by atoms with Crippen LogP contribution in [0.4, 0.5) is 11.5 Å². The molecule has 0 saturated heterocycles. The standard InChI is InChI=1S/C23H24N6/c1-16(17-7-5-4-6-8-17)27-22-20-13-21(28-23(20)25-14-24-22)18-9-11-19(12-10-18)26-15-29(2)3/h4-16H,1-3H3,(H2,24,25,27,28). The Kier molecular flexibility index (Phi) is 5.24. The van der Waals surface area contributed by atoms with Crippen molar-refractivity contribution >= 4 is 28.9 Å². The quantitative estimate of drug-likeness (QED) is 0.362. The van der Waals surface area contributed by atoms with Crippen LogP contribution in [-0.2, 0) is 0 Å². The van der Waals surface area contributed by atoms with Gasteiger partial charge in [-0.25, -0.2) is 15.0 Å². The molecule has 2 aromatic carbocycles. The number of H-pyrrole nitrogens is 1. The van der Waals surface area contributed by atoms with Crippen molar-refractivity contribution in [3.05, 3.63) is 72.6 Å². The Morgan fingerprint density at radius 2 is 1.79 bits per heavy atom. The molecule has 4 rings (SSSR count). The molecule has 1 atom stereocenters. The molecule has 1 unspecified atom stereocenters. The van der Waals surface area contributed by atoms with Crippen molar-refractivity contribution in [3.8, 4) is 11.3 Å². The molecule has 0 spiro atoms. The van der Waals surface area contributed by atoms with Crippen molar-refractivity contribution in [2.75, 3.05) is 19.4 Å². The first kappa shape index (κ1) is 18.7. The fraction of sp³-hybridized carbons (Fsp3) is 0.174. The fourth-order valence-corrected chi connectivity index (χ4v) is 3.15. The van der Waals surface area contributed by atoms with E-state index in [0.29, 0.717) is 0 Å². The molecule has 0 bridgehead atoms. The van der Waals surface area contributed by atoms with Gasteiger partial charge in [0.15, 0.2) is 0 Å². The maximum absolute atomic E-state index is 4.47. The number of aliphatic imine (C=N–C) groups is 1. The molecule has 0 aliphatic carbocycles. The third kappa shape index (κ3) is 4.27. The Labute approximate surface area is 170 Å². The number of anilines is 1. The Balaban J connectivity index is 1.61. The highest BCUT2D eigenvalue weighted by Crippen LogP contribution is 2.29. The number of hydrogen-bond acceptors (Lipinski definition) is 4. The van der Waals surface area contributed by atoms with Crippen LogP contribution in [0.1, 0.15) is 18.5 Å². The van der Waals surface area contributed by atoms with E-state index >= 15 is 0 Å². The van der Waals surface area contributed by atoms with Gasteiger partial charge in [-0.1, -0.05) is 42.5 Å². The Morgan fingerprint density at radius 1 is 1.03 bits per heavy atom. The average molecular weight is 384 g/mol. The summed E-state index contributed by atoms with van der Waals surface area (Å²) in [6, 6.07) is 20.7. The van der Waals surface area contributed by atoms with E-state index in [-0.39, 0.29) is 6.04 Å². The van der Waals surface area contributed by atoms with Crippen LogP contribution >= 0.6 is 0 Å². The van der Waals surface area contributed by atoms with Gasteiger partial charge in [0.05, 0.1) is 17.4 Å². The topological polar surface area (TPSA) is 69.2 Å². The van der Waals surface area contributed by atoms with Gasteiger partial charge in [-0.2, -0.15) is 0 Å². The Bertz CT molecular complexity index is 1110. The van der Waals surface area contributed by atoms with Crippen molar-refractivity contribution < 1.29 is 0 Å². The second kappa shape index (κ2) is 8.14. The third-order valence-corrected chi connectivity index (χ3v) is 4.69. The van der Waals surface area contributed by atoms with E-state index < -0.39 is 0 Å². The first-order valence-electron chi connectivity index (χ1n) is 9.56. The molecular weight excluding hydrogens is 360 g/mol. The van der Waals surface area contributed by atoms with Gasteiger partial charge in [0.1, 0.15) is 17.8 Å². The molecule has 146 valence electrons. The van der Waals surface area contributed by atoms with Gasteiger partial charge in [-0.05, 0) is 36.2 Å². The SMILES string of the molecule is CC(Nc1ncnc2[nH]c(-c3ccc(N=CN(C)C)cc3)cc12)c1ccccc1. The number of rotatable bonds is 6. The largest absolute Gasteiger partial charge is 0.369 e. The first-order chi connectivity index (χ1) is 14.1. The lowest BCUT2D eigenvalue weighted by atomic mass is 10.1. The molecule has 29 heavy (non-hydrogen) atoms. The van der Waals surface area contributed by atoms with E-state index in [1.54, 1.807) is 12.7 Å². The van der Waals surface area contributed by atoms with Crippen LogP contribution in [0.5, 0.6) is 0 Å². The van der Waals surface area contributed by atoms with Crippen molar-refractivity contribution in [1.82, 2.24) is 19.9 Å². The first-order valence-corrected chi connectivity index (χ1v) is 9.56. The van der Waals surface area contributed by atoms with Crippen molar-refractivity contribution in [1.29, 1.82) is 0 Å². The van der Waals surface area contributed by atoms with Crippen LogP contribution in [0.3, 0.4) is 0 Å². The molecule has 2 heterocycles. The van der Waals surface area contributed by atoms with Crippen LogP contribution in [0.25, 0.3) is 22.3 Å². The van der Waals surface area contributed by atoms with Crippen molar-refractivity contribution in [3.63, 3.8) is 0 Å². The minimum absolute atomic E-state index is 0.140. The lowest BCUT2D eigenvalue weighted by Crippen LogP contribution is -2.08. The van der Waals surface area contributed by atoms with Crippen molar-refractivity contribution in [2.45, 2.75) is 13.0 Å². The predicted octanol–water partition coefficient (Wildman–Crippen LogP) is 5.02. The molecule has 6 heteroatoms. The van der Waals surface area contributed by atoms with Crippen LogP contribution in [0, 0.1) is 0 Å². The summed E-state index contributed by atoms with van der Waals surface area (Å²) >= 11 is 0. The lowest BCUT2D eigenvalue weighted by molar-refractivity contribution is 0.643. The van der Waals surface area contributed by atoms with E-state index in [9.17, 15) is 0 Å². The van der Waals surface area contributed by atoms with Gasteiger partial charge in [0, 0.05) is 25.8 Å². The lowest BCUT2D eigenvalue weighted by Gasteiger charge is -2.15.